The van der Waals surface area contributed by atoms with Crippen molar-refractivity contribution in [2.45, 2.75) is 40.2 Å². The zero-order chi connectivity index (χ0) is 20.8. The van der Waals surface area contributed by atoms with E-state index in [1.165, 1.54) is 5.56 Å². The number of carbonyl (C=O) groups is 1. The molecule has 29 heavy (non-hydrogen) atoms. The highest BCUT2D eigenvalue weighted by atomic mass is 16.2. The predicted molar refractivity (Wildman–Crippen MR) is 116 cm³/mol. The maximum absolute atomic E-state index is 12.6. The number of amides is 1. The Morgan fingerprint density at radius 2 is 1.93 bits per heavy atom. The fourth-order valence-electron chi connectivity index (χ4n) is 3.37. The summed E-state index contributed by atoms with van der Waals surface area (Å²) in [5.74, 6) is 0.571. The molecule has 3 N–H and O–H groups in total. The molecule has 0 spiro atoms. The van der Waals surface area contributed by atoms with Gasteiger partial charge in [-0.25, -0.2) is 4.98 Å². The van der Waals surface area contributed by atoms with Gasteiger partial charge in [0.2, 0.25) is 0 Å². The number of quaternary nitrogens is 1. The summed E-state index contributed by atoms with van der Waals surface area (Å²) in [6.45, 7) is 7.88. The minimum Gasteiger partial charge on any atom is -0.321 e. The zero-order valence-electron chi connectivity index (χ0n) is 17.3. The highest BCUT2D eigenvalue weighted by Crippen LogP contribution is 2.13. The van der Waals surface area contributed by atoms with Gasteiger partial charge < -0.3 is 15.2 Å². The van der Waals surface area contributed by atoms with E-state index in [4.69, 9.17) is 0 Å². The van der Waals surface area contributed by atoms with Crippen LogP contribution >= 0.6 is 0 Å². The van der Waals surface area contributed by atoms with Crippen LogP contribution in [0.3, 0.4) is 0 Å². The maximum atomic E-state index is 12.6. The predicted octanol–water partition coefficient (Wildman–Crippen LogP) is 2.36. The van der Waals surface area contributed by atoms with Crippen molar-refractivity contribution in [3.63, 3.8) is 0 Å². The molecule has 1 amide bonds. The molecule has 0 saturated carbocycles. The number of H-pyrrole nitrogens is 1. The molecular formula is C23H29N4O2+. The van der Waals surface area contributed by atoms with Crippen LogP contribution in [0, 0.1) is 13.8 Å². The van der Waals surface area contributed by atoms with E-state index in [2.05, 4.69) is 29.1 Å². The van der Waals surface area contributed by atoms with Crippen LogP contribution in [0.25, 0.3) is 10.9 Å². The fraction of sp³-hybridized carbons (Fsp3) is 0.348. The highest BCUT2D eigenvalue weighted by Gasteiger charge is 2.17. The van der Waals surface area contributed by atoms with Gasteiger partial charge >= 0.3 is 0 Å². The van der Waals surface area contributed by atoms with Gasteiger partial charge in [0.1, 0.15) is 6.54 Å². The van der Waals surface area contributed by atoms with Crippen LogP contribution < -0.4 is 15.8 Å². The number of hydrogen-bond acceptors (Lipinski definition) is 3. The molecule has 0 aliphatic heterocycles. The second-order valence-corrected chi connectivity index (χ2v) is 7.58. The fourth-order valence-corrected chi connectivity index (χ4v) is 3.37. The number of rotatable bonds is 8. The van der Waals surface area contributed by atoms with E-state index in [9.17, 15) is 9.59 Å². The van der Waals surface area contributed by atoms with Crippen LogP contribution in [0.5, 0.6) is 0 Å². The van der Waals surface area contributed by atoms with Crippen LogP contribution in [-0.2, 0) is 11.3 Å². The van der Waals surface area contributed by atoms with E-state index in [0.29, 0.717) is 29.8 Å². The number of fused-ring (bicyclic) bond motifs is 1. The molecule has 2 aromatic carbocycles. The Hall–Kier alpha value is -2.99. The number of aryl methyl sites for hydroxylation is 2. The van der Waals surface area contributed by atoms with Gasteiger partial charge in [0.15, 0.2) is 12.4 Å². The van der Waals surface area contributed by atoms with E-state index in [1.807, 2.05) is 43.3 Å². The second-order valence-electron chi connectivity index (χ2n) is 7.58. The smallest absolute Gasteiger partial charge is 0.279 e. The lowest BCUT2D eigenvalue weighted by Crippen LogP contribution is -3.12. The summed E-state index contributed by atoms with van der Waals surface area (Å²) in [6.07, 6.45) is 2.05. The molecule has 152 valence electrons. The largest absolute Gasteiger partial charge is 0.321 e. The Balaban J connectivity index is 1.73. The molecule has 0 aliphatic rings. The monoisotopic (exact) mass is 393 g/mol. The molecule has 3 rings (SSSR count). The van der Waals surface area contributed by atoms with Gasteiger partial charge in [-0.1, -0.05) is 31.5 Å². The first-order valence-electron chi connectivity index (χ1n) is 10.1. The molecule has 6 nitrogen and oxygen atoms in total. The Morgan fingerprint density at radius 1 is 1.14 bits per heavy atom. The highest BCUT2D eigenvalue weighted by molar-refractivity contribution is 5.91. The lowest BCUT2D eigenvalue weighted by atomic mass is 10.1. The number of benzene rings is 2. The van der Waals surface area contributed by atoms with Gasteiger partial charge in [0.05, 0.1) is 17.4 Å². The SMILES string of the molecule is CCCC[NH+](CC(=O)Nc1ccc(C)c(C)c1)Cc1nc2ccccc2c(=O)[nH]1. The number of aromatic nitrogens is 2. The van der Waals surface area contributed by atoms with Crippen molar-refractivity contribution < 1.29 is 9.69 Å². The minimum absolute atomic E-state index is 0.0394. The van der Waals surface area contributed by atoms with Crippen LogP contribution in [0.4, 0.5) is 5.69 Å². The molecule has 1 unspecified atom stereocenters. The summed E-state index contributed by atoms with van der Waals surface area (Å²) >= 11 is 0. The maximum Gasteiger partial charge on any atom is 0.279 e. The number of nitrogens with zero attached hydrogens (tertiary/aromatic N) is 1. The summed E-state index contributed by atoms with van der Waals surface area (Å²) < 4.78 is 0. The Labute approximate surface area is 171 Å². The van der Waals surface area contributed by atoms with Crippen LogP contribution in [0.2, 0.25) is 0 Å². The Bertz CT molecular complexity index is 1060. The number of anilines is 1. The van der Waals surface area contributed by atoms with Crippen molar-refractivity contribution in [3.05, 3.63) is 69.8 Å². The van der Waals surface area contributed by atoms with Crippen molar-refractivity contribution in [1.29, 1.82) is 0 Å². The average Bonchev–Trinajstić information content (AvgIpc) is 2.69. The molecule has 0 radical (unpaired) electrons. The first-order chi connectivity index (χ1) is 14.0. The first-order valence-corrected chi connectivity index (χ1v) is 10.1. The summed E-state index contributed by atoms with van der Waals surface area (Å²) in [6, 6.07) is 13.2. The number of hydrogen-bond donors (Lipinski definition) is 3. The topological polar surface area (TPSA) is 79.3 Å². The lowest BCUT2D eigenvalue weighted by Gasteiger charge is -2.19. The number of aromatic amines is 1. The van der Waals surface area contributed by atoms with Gasteiger partial charge in [0, 0.05) is 5.69 Å². The number of para-hydroxylation sites is 1. The van der Waals surface area contributed by atoms with Crippen LogP contribution in [-0.4, -0.2) is 29.0 Å². The molecule has 0 aliphatic carbocycles. The van der Waals surface area contributed by atoms with E-state index in [1.54, 1.807) is 6.07 Å². The molecule has 1 heterocycles. The van der Waals surface area contributed by atoms with Crippen molar-refractivity contribution in [2.24, 2.45) is 0 Å². The van der Waals surface area contributed by atoms with Crippen molar-refractivity contribution in [1.82, 2.24) is 9.97 Å². The number of unbranched alkanes of at least 4 members (excludes halogenated alkanes) is 1. The standard InChI is InChI=1S/C23H28N4O2/c1-4-5-12-27(15-22(28)24-18-11-10-16(2)17(3)13-18)14-21-25-20-9-7-6-8-19(20)23(29)26-21/h6-11,13H,4-5,12,14-15H2,1-3H3,(H,24,28)(H,25,26,29)/p+1. The van der Waals surface area contributed by atoms with Crippen LogP contribution in [0.1, 0.15) is 36.7 Å². The Kier molecular flexibility index (Phi) is 6.77. The van der Waals surface area contributed by atoms with Crippen molar-refractivity contribution in [3.8, 4) is 0 Å². The summed E-state index contributed by atoms with van der Waals surface area (Å²) in [5.41, 5.74) is 3.70. The molecule has 3 aromatic rings. The Morgan fingerprint density at radius 3 is 2.69 bits per heavy atom. The van der Waals surface area contributed by atoms with E-state index in [-0.39, 0.29) is 11.5 Å². The molecule has 0 bridgehead atoms. The van der Waals surface area contributed by atoms with Crippen LogP contribution in [0.15, 0.2) is 47.3 Å². The third kappa shape index (κ3) is 5.51. The van der Waals surface area contributed by atoms with Gasteiger partial charge in [-0.05, 0) is 55.7 Å². The quantitative estimate of drug-likeness (QED) is 0.550. The van der Waals surface area contributed by atoms with Gasteiger partial charge in [-0.2, -0.15) is 0 Å². The third-order valence-electron chi connectivity index (χ3n) is 5.16. The zero-order valence-corrected chi connectivity index (χ0v) is 17.3. The number of nitrogens with one attached hydrogen (secondary N) is 3. The minimum atomic E-state index is -0.139. The molecule has 0 fully saturated rings. The van der Waals surface area contributed by atoms with Gasteiger partial charge in [-0.15, -0.1) is 0 Å². The van der Waals surface area contributed by atoms with Gasteiger partial charge in [-0.3, -0.25) is 9.59 Å². The summed E-state index contributed by atoms with van der Waals surface area (Å²) in [4.78, 5) is 33.5. The lowest BCUT2D eigenvalue weighted by molar-refractivity contribution is -0.906. The third-order valence-corrected chi connectivity index (χ3v) is 5.16. The van der Waals surface area contributed by atoms with Crippen molar-refractivity contribution in [2.75, 3.05) is 18.4 Å². The van der Waals surface area contributed by atoms with E-state index >= 15 is 0 Å². The first kappa shape index (κ1) is 20.7. The second kappa shape index (κ2) is 9.47. The molecular weight excluding hydrogens is 364 g/mol. The molecule has 0 saturated heterocycles. The van der Waals surface area contributed by atoms with E-state index in [0.717, 1.165) is 35.5 Å². The molecule has 1 atom stereocenters. The summed E-state index contributed by atoms with van der Waals surface area (Å²) in [5, 5.41) is 3.57. The average molecular weight is 394 g/mol. The molecule has 1 aromatic heterocycles. The van der Waals surface area contributed by atoms with E-state index < -0.39 is 0 Å². The number of carbonyl (C=O) groups excluding carboxylic acids is 1. The summed E-state index contributed by atoms with van der Waals surface area (Å²) in [7, 11) is 0. The van der Waals surface area contributed by atoms with Gasteiger partial charge in [0.25, 0.3) is 11.5 Å². The normalized spacial score (nSPS) is 12.1. The van der Waals surface area contributed by atoms with Crippen molar-refractivity contribution >= 4 is 22.5 Å². The molecule has 6 heteroatoms.